The van der Waals surface area contributed by atoms with E-state index in [2.05, 4.69) is 10.5 Å². The highest BCUT2D eigenvalue weighted by Crippen LogP contribution is 2.19. The number of rotatable bonds is 9. The van der Waals surface area contributed by atoms with Crippen LogP contribution in [0.2, 0.25) is 0 Å². The molecule has 2 aromatic rings. The fourth-order valence-corrected chi connectivity index (χ4v) is 2.80. The molecular weight excluding hydrogens is 388 g/mol. The monoisotopic (exact) mass is 414 g/mol. The molecule has 0 aliphatic carbocycles. The molecule has 1 N–H and O–H groups in total. The Morgan fingerprint density at radius 2 is 2.10 bits per heavy atom. The molecule has 30 heavy (non-hydrogen) atoms. The van der Waals surface area contributed by atoms with Crippen molar-refractivity contribution in [1.29, 1.82) is 5.26 Å². The van der Waals surface area contributed by atoms with Crippen molar-refractivity contribution in [3.63, 3.8) is 0 Å². The number of hydrogen-bond donors (Lipinski definition) is 1. The number of ether oxygens (including phenoxy) is 2. The van der Waals surface area contributed by atoms with Crippen molar-refractivity contribution in [2.24, 2.45) is 0 Å². The van der Waals surface area contributed by atoms with Crippen molar-refractivity contribution in [2.45, 2.75) is 40.2 Å². The second-order valence-corrected chi connectivity index (χ2v) is 7.04. The van der Waals surface area contributed by atoms with Gasteiger partial charge in [-0.1, -0.05) is 19.0 Å². The van der Waals surface area contributed by atoms with Gasteiger partial charge in [-0.15, -0.1) is 0 Å². The molecule has 0 fully saturated rings. The number of carbonyl (C=O) groups excluding carboxylic acids is 2. The topological polar surface area (TPSA) is 119 Å². The Morgan fingerprint density at radius 1 is 1.37 bits per heavy atom. The van der Waals surface area contributed by atoms with Crippen molar-refractivity contribution < 1.29 is 23.6 Å². The number of anilines is 1. The maximum atomic E-state index is 12.2. The summed E-state index contributed by atoms with van der Waals surface area (Å²) in [5.74, 6) is -1.16. The summed E-state index contributed by atoms with van der Waals surface area (Å²) >= 11 is 0. The standard InChI is InChI=1S/C21H26N4O5/c1-13(2)18-10-20(30-24-18)23-19(26)12-29-21(27)17(11-22)9-16-8-14(3)25(15(16)4)6-7-28-5/h8-10,13H,6-7,12H2,1-5H3,(H,23,26)/b17-9-. The van der Waals surface area contributed by atoms with Gasteiger partial charge in [0.2, 0.25) is 5.88 Å². The maximum Gasteiger partial charge on any atom is 0.349 e. The van der Waals surface area contributed by atoms with Crippen molar-refractivity contribution in [1.82, 2.24) is 9.72 Å². The predicted octanol–water partition coefficient (Wildman–Crippen LogP) is 2.95. The molecule has 0 saturated carbocycles. The average Bonchev–Trinajstić information content (AvgIpc) is 3.27. The SMILES string of the molecule is COCCn1c(C)cc(/C=C(/C#N)C(=O)OCC(=O)Nc2cc(C(C)C)no2)c1C. The van der Waals surface area contributed by atoms with Crippen LogP contribution in [0.3, 0.4) is 0 Å². The first kappa shape index (κ1) is 22.9. The van der Waals surface area contributed by atoms with E-state index in [-0.39, 0.29) is 17.4 Å². The molecule has 0 atom stereocenters. The third-order valence-electron chi connectivity index (χ3n) is 4.49. The molecule has 2 heterocycles. The molecule has 2 aromatic heterocycles. The van der Waals surface area contributed by atoms with E-state index in [1.54, 1.807) is 13.2 Å². The lowest BCUT2D eigenvalue weighted by molar-refractivity contribution is -0.142. The lowest BCUT2D eigenvalue weighted by Gasteiger charge is -2.08. The van der Waals surface area contributed by atoms with Crippen LogP contribution in [0, 0.1) is 25.2 Å². The average molecular weight is 414 g/mol. The second kappa shape index (κ2) is 10.4. The van der Waals surface area contributed by atoms with Crippen molar-refractivity contribution in [2.75, 3.05) is 25.6 Å². The zero-order chi connectivity index (χ0) is 22.3. The highest BCUT2D eigenvalue weighted by Gasteiger charge is 2.17. The molecule has 0 spiro atoms. The first-order valence-corrected chi connectivity index (χ1v) is 9.47. The van der Waals surface area contributed by atoms with E-state index in [4.69, 9.17) is 14.0 Å². The zero-order valence-electron chi connectivity index (χ0n) is 17.8. The van der Waals surface area contributed by atoms with Gasteiger partial charge in [0, 0.05) is 31.1 Å². The molecule has 9 heteroatoms. The van der Waals surface area contributed by atoms with Gasteiger partial charge in [-0.3, -0.25) is 10.1 Å². The summed E-state index contributed by atoms with van der Waals surface area (Å²) in [6, 6.07) is 5.31. The highest BCUT2D eigenvalue weighted by molar-refractivity contribution is 6.00. The summed E-state index contributed by atoms with van der Waals surface area (Å²) in [4.78, 5) is 24.2. The second-order valence-electron chi connectivity index (χ2n) is 7.04. The van der Waals surface area contributed by atoms with Gasteiger partial charge >= 0.3 is 5.97 Å². The Hall–Kier alpha value is -3.38. The highest BCUT2D eigenvalue weighted by atomic mass is 16.5. The number of carbonyl (C=O) groups is 2. The number of hydrogen-bond acceptors (Lipinski definition) is 7. The van der Waals surface area contributed by atoms with E-state index >= 15 is 0 Å². The fourth-order valence-electron chi connectivity index (χ4n) is 2.80. The van der Waals surface area contributed by atoms with Crippen LogP contribution in [-0.2, 0) is 25.6 Å². The Bertz CT molecular complexity index is 978. The molecule has 0 aliphatic rings. The van der Waals surface area contributed by atoms with Crippen LogP contribution in [0.5, 0.6) is 0 Å². The van der Waals surface area contributed by atoms with E-state index in [0.717, 1.165) is 17.0 Å². The minimum Gasteiger partial charge on any atom is -0.451 e. The minimum atomic E-state index is -0.880. The summed E-state index contributed by atoms with van der Waals surface area (Å²) in [6.45, 7) is 8.36. The van der Waals surface area contributed by atoms with Gasteiger partial charge in [-0.25, -0.2) is 4.79 Å². The molecule has 0 saturated heterocycles. The number of aryl methyl sites for hydroxylation is 1. The van der Waals surface area contributed by atoms with Crippen molar-refractivity contribution >= 4 is 23.8 Å². The molecule has 9 nitrogen and oxygen atoms in total. The Balaban J connectivity index is 2.00. The van der Waals surface area contributed by atoms with E-state index in [0.29, 0.717) is 18.8 Å². The molecule has 2 rings (SSSR count). The number of methoxy groups -OCH3 is 1. The largest absolute Gasteiger partial charge is 0.451 e. The van der Waals surface area contributed by atoms with Crippen LogP contribution in [-0.4, -0.2) is 41.9 Å². The van der Waals surface area contributed by atoms with E-state index in [1.807, 2.05) is 44.4 Å². The van der Waals surface area contributed by atoms with Crippen molar-refractivity contribution in [3.05, 3.63) is 40.4 Å². The Kier molecular flexibility index (Phi) is 7.95. The van der Waals surface area contributed by atoms with Crippen LogP contribution >= 0.6 is 0 Å². The molecule has 160 valence electrons. The summed E-state index contributed by atoms with van der Waals surface area (Å²) < 4.78 is 17.1. The molecule has 1 amide bonds. The smallest absolute Gasteiger partial charge is 0.349 e. The zero-order valence-corrected chi connectivity index (χ0v) is 17.8. The third kappa shape index (κ3) is 5.81. The van der Waals surface area contributed by atoms with Crippen LogP contribution in [0.15, 0.2) is 22.2 Å². The van der Waals surface area contributed by atoms with Gasteiger partial charge in [0.15, 0.2) is 6.61 Å². The Labute approximate surface area is 175 Å². The first-order valence-electron chi connectivity index (χ1n) is 9.47. The summed E-state index contributed by atoms with van der Waals surface area (Å²) in [5, 5.41) is 15.6. The lowest BCUT2D eigenvalue weighted by atomic mass is 10.1. The quantitative estimate of drug-likeness (QED) is 0.380. The normalized spacial score (nSPS) is 11.4. The number of nitriles is 1. The molecule has 0 aliphatic heterocycles. The van der Waals surface area contributed by atoms with Crippen LogP contribution in [0.25, 0.3) is 6.08 Å². The molecular formula is C21H26N4O5. The van der Waals surface area contributed by atoms with E-state index in [9.17, 15) is 14.9 Å². The van der Waals surface area contributed by atoms with Gasteiger partial charge in [0.05, 0.1) is 12.3 Å². The maximum absolute atomic E-state index is 12.2. The van der Waals surface area contributed by atoms with Crippen molar-refractivity contribution in [3.8, 4) is 6.07 Å². The number of nitrogens with one attached hydrogen (secondary N) is 1. The summed E-state index contributed by atoms with van der Waals surface area (Å²) in [6.07, 6.45) is 1.46. The molecule has 0 radical (unpaired) electrons. The van der Waals surface area contributed by atoms with Crippen LogP contribution in [0.4, 0.5) is 5.88 Å². The third-order valence-corrected chi connectivity index (χ3v) is 4.49. The van der Waals surface area contributed by atoms with Gasteiger partial charge in [0.25, 0.3) is 5.91 Å². The van der Waals surface area contributed by atoms with Gasteiger partial charge < -0.3 is 18.6 Å². The van der Waals surface area contributed by atoms with E-state index in [1.165, 1.54) is 6.08 Å². The van der Waals surface area contributed by atoms with Gasteiger partial charge in [-0.2, -0.15) is 5.26 Å². The minimum absolute atomic E-state index is 0.150. The molecule has 0 aromatic carbocycles. The predicted molar refractivity (Wildman–Crippen MR) is 110 cm³/mol. The number of amides is 1. The molecule has 0 bridgehead atoms. The van der Waals surface area contributed by atoms with Gasteiger partial charge in [0.1, 0.15) is 11.6 Å². The van der Waals surface area contributed by atoms with Gasteiger partial charge in [-0.05, 0) is 37.5 Å². The van der Waals surface area contributed by atoms with Crippen LogP contribution < -0.4 is 5.32 Å². The van der Waals surface area contributed by atoms with Crippen LogP contribution in [0.1, 0.15) is 42.4 Å². The van der Waals surface area contributed by atoms with E-state index < -0.39 is 18.5 Å². The fraction of sp³-hybridized carbons (Fsp3) is 0.429. The molecule has 0 unspecified atom stereocenters. The summed E-state index contributed by atoms with van der Waals surface area (Å²) in [7, 11) is 1.63. The number of aromatic nitrogens is 2. The lowest BCUT2D eigenvalue weighted by Crippen LogP contribution is -2.21. The number of nitrogens with zero attached hydrogens (tertiary/aromatic N) is 3. The number of esters is 1. The first-order chi connectivity index (χ1) is 14.3. The summed E-state index contributed by atoms with van der Waals surface area (Å²) in [5.41, 5.74) is 3.10. The Morgan fingerprint density at radius 3 is 2.70 bits per heavy atom.